The van der Waals surface area contributed by atoms with Gasteiger partial charge in [-0.2, -0.15) is 150 Å². The fourth-order valence-corrected chi connectivity index (χ4v) is 10.6. The minimum Gasteiger partial charge on any atom is -0.368 e. The summed E-state index contributed by atoms with van der Waals surface area (Å²) in [7, 11) is 40.0. The van der Waals surface area contributed by atoms with Crippen molar-refractivity contribution in [2.24, 2.45) is 0 Å². The number of unbranched alkanes of at least 4 members (excludes halogenated alkanes) is 6. The second kappa shape index (κ2) is 75.9. The van der Waals surface area contributed by atoms with Crippen LogP contribution in [0.4, 0.5) is 178 Å². The number of nitrogens with one attached hydrogen (secondary N) is 20. The van der Waals surface area contributed by atoms with Crippen LogP contribution in [0.5, 0.6) is 0 Å². The fourth-order valence-electron chi connectivity index (χ4n) is 10.6. The molecule has 0 bridgehead atoms. The van der Waals surface area contributed by atoms with Gasteiger partial charge in [-0.1, -0.05) is 87.0 Å². The number of nitrogens with zero attached hydrogens (tertiary/aromatic N) is 36. The van der Waals surface area contributed by atoms with Crippen molar-refractivity contribution in [3.8, 4) is 0 Å². The summed E-state index contributed by atoms with van der Waals surface area (Å²) < 4.78 is 0. The smallest absolute Gasteiger partial charge is 0.231 e. The van der Waals surface area contributed by atoms with E-state index in [-0.39, 0.29) is 23.8 Å². The van der Waals surface area contributed by atoms with Gasteiger partial charge in [0.1, 0.15) is 0 Å². The third kappa shape index (κ3) is 52.4. The third-order valence-corrected chi connectivity index (χ3v) is 18.7. The molecule has 0 aliphatic carbocycles. The number of hydrogen-bond acceptors (Lipinski definition) is 60. The molecular weight excluding hydrogens is 1860 g/mol. The Morgan fingerprint density at radius 2 is 0.352 bits per heavy atom. The molecule has 0 unspecified atom stereocenters. The van der Waals surface area contributed by atoms with Crippen LogP contribution in [0.2, 0.25) is 0 Å². The van der Waals surface area contributed by atoms with Crippen LogP contribution in [0.15, 0.2) is 0 Å². The molecule has 10 heterocycles. The molecule has 0 radical (unpaired) electrons. The largest absolute Gasteiger partial charge is 0.368 e. The first kappa shape index (κ1) is 127. The Hall–Kier alpha value is -15.9. The number of rotatable bonds is 49. The zero-order chi connectivity index (χ0) is 108. The molecule has 60 nitrogen and oxygen atoms in total. The van der Waals surface area contributed by atoms with Crippen LogP contribution < -0.4 is 159 Å². The Labute approximate surface area is 856 Å². The maximum Gasteiger partial charge on any atom is 0.231 e. The average Bonchev–Trinajstić information content (AvgIpc) is 0.868. The summed E-state index contributed by atoms with van der Waals surface area (Å²) in [5, 5.41) is 58.5. The highest BCUT2D eigenvalue weighted by Crippen LogP contribution is 2.20. The summed E-state index contributed by atoms with van der Waals surface area (Å²) >= 11 is 0. The van der Waals surface area contributed by atoms with Gasteiger partial charge in [-0.3, -0.25) is 0 Å². The number of nitrogen functional groups attached to an aromatic ring is 4. The van der Waals surface area contributed by atoms with Gasteiger partial charge in [-0.25, -0.2) is 0 Å². The van der Waals surface area contributed by atoms with Crippen molar-refractivity contribution >= 4 is 178 Å². The van der Waals surface area contributed by atoms with Gasteiger partial charge in [0.25, 0.3) is 0 Å². The summed E-state index contributed by atoms with van der Waals surface area (Å²) in [6, 6.07) is 0. The van der Waals surface area contributed by atoms with Crippen molar-refractivity contribution in [2.75, 3.05) is 379 Å². The predicted molar refractivity (Wildman–Crippen MR) is 599 cm³/mol. The van der Waals surface area contributed by atoms with E-state index >= 15 is 0 Å². The Balaban J connectivity index is 0.000000806. The lowest BCUT2D eigenvalue weighted by atomic mass is 10.2. The van der Waals surface area contributed by atoms with E-state index in [0.717, 1.165) is 123 Å². The first-order chi connectivity index (χ1) is 69.8. The second-order valence-corrected chi connectivity index (χ2v) is 30.2. The monoisotopic (exact) mass is 2030 g/mol. The lowest BCUT2D eigenvalue weighted by Gasteiger charge is -2.17. The van der Waals surface area contributed by atoms with Crippen molar-refractivity contribution in [1.82, 2.24) is 150 Å². The lowest BCUT2D eigenvalue weighted by molar-refractivity contribution is 0.695. The molecule has 0 atom stereocenters. The highest BCUT2D eigenvalue weighted by molar-refractivity contribution is 5.50. The van der Waals surface area contributed by atoms with Gasteiger partial charge in [0.2, 0.25) is 178 Å². The maximum atomic E-state index is 5.60. The molecule has 28 N–H and O–H groups in total. The van der Waals surface area contributed by atoms with E-state index in [2.05, 4.69) is 304 Å². The quantitative estimate of drug-likeness (QED) is 0.0167. The van der Waals surface area contributed by atoms with Gasteiger partial charge in [-0.15, -0.1) is 0 Å². The van der Waals surface area contributed by atoms with Crippen molar-refractivity contribution in [2.45, 2.75) is 153 Å². The van der Waals surface area contributed by atoms with Crippen molar-refractivity contribution in [3.05, 3.63) is 0 Å². The highest BCUT2D eigenvalue weighted by Gasteiger charge is 2.16. The highest BCUT2D eigenvalue weighted by atomic mass is 15.4. The Morgan fingerprint density at radius 3 is 0.579 bits per heavy atom. The van der Waals surface area contributed by atoms with Gasteiger partial charge in [0.05, 0.1) is 0 Å². The third-order valence-electron chi connectivity index (χ3n) is 18.7. The molecule has 145 heavy (non-hydrogen) atoms. The van der Waals surface area contributed by atoms with Crippen molar-refractivity contribution < 1.29 is 0 Å². The molecule has 10 rings (SSSR count). The van der Waals surface area contributed by atoms with Crippen LogP contribution in [-0.2, 0) is 0 Å². The molecule has 10 aromatic rings. The first-order valence-electron chi connectivity index (χ1n) is 48.5. The van der Waals surface area contributed by atoms with E-state index in [0.29, 0.717) is 155 Å². The fraction of sp³-hybridized carbons (Fsp3) is 0.647. The number of anilines is 30. The number of nitrogens with two attached hydrogens (primary N) is 4. The number of hydrogen-bond donors (Lipinski definition) is 24. The first-order valence-corrected chi connectivity index (χ1v) is 48.5. The van der Waals surface area contributed by atoms with Crippen LogP contribution in [0.1, 0.15) is 153 Å². The van der Waals surface area contributed by atoms with Gasteiger partial charge in [-0.05, 0) is 65.7 Å². The van der Waals surface area contributed by atoms with Crippen molar-refractivity contribution in [3.63, 3.8) is 0 Å². The molecular formula is C85H170N60. The Bertz CT molecular complexity index is 4920. The molecule has 810 valence electrons. The van der Waals surface area contributed by atoms with E-state index in [4.69, 9.17) is 22.9 Å². The number of aromatic nitrogens is 30. The molecule has 0 aliphatic heterocycles. The molecule has 10 aromatic heterocycles. The molecule has 0 spiro atoms. The lowest BCUT2D eigenvalue weighted by Crippen LogP contribution is -2.22. The van der Waals surface area contributed by atoms with Crippen LogP contribution in [0, 0.1) is 0 Å². The van der Waals surface area contributed by atoms with Crippen LogP contribution in [-0.4, -0.2) is 370 Å². The molecule has 60 heteroatoms. The van der Waals surface area contributed by atoms with E-state index in [1.807, 2.05) is 92.5 Å². The SMILES string of the molecule is CCCCCN(C)c1nc(N)nc(NC)n1.CCCCCNc1nc(NC)nc(NC)n1.CCCCN(C)c1nc(N)nc(NC)n1.CCCCNc1nc(NC)nc(NC)n1.CCCN(C)c1nc(N)nc(NC)n1.CCCN(C)c1nc(NC)nc(NC)n1.CCCNc1nc(NC)nc(NC)n1.CCN(C)c1nc(N)nc(NC)n1.CCN(C)c1nc(NC)nc(NC)n1.CCNc1nc(NC)nc(NC)n1. The summed E-state index contributed by atoms with van der Waals surface area (Å²) in [5.41, 5.74) is 22.2. The maximum absolute atomic E-state index is 5.60. The summed E-state index contributed by atoms with van der Waals surface area (Å²) in [6.45, 7) is 29.8. The molecule has 0 amide bonds. The van der Waals surface area contributed by atoms with Gasteiger partial charge >= 0.3 is 0 Å². The Kier molecular flexibility index (Phi) is 66.6. The summed E-state index contributed by atoms with van der Waals surface area (Å²) in [6.07, 6.45) is 14.8. The standard InChI is InChI=1S/2C10H20N6.3C9H18N6.3C8H16N6.2C7H14N6/c1-4-5-6-7-16(3)10-14-8(11)13-9(12-2)15-10;1-4-5-6-7-13-10-15-8(11-2)14-9(12-3)16-10;1-5-6-15(4)9-13-7(10-2)12-8(11-3)14-9;1-4-5-6-15(3)9-13-7(10)12-8(11-2)14-9;1-4-5-6-12-9-14-7(10-2)13-8(11-3)15-9;1-5-14(4)8-12-6(9-2)11-7(10-3)13-8;1-4-5-14(3)8-12-6(9)11-7(10-2)13-8;1-4-5-11-8-13-6(9-2)12-7(10-3)14-8;1-4-13(3)7-11-5(8)10-6(9-2)12-7;1-4-10-7-12-5(8-2)11-6(9-3)13-7/h4-7H2,1-3H3,(H3,11,12,13,14,15);4-7H2,1-3H3,(H3,11,12,13,14,15,16);5-6H2,1-4H3,(H2,10,11,12,13,14);4-6H2,1-3H3,(H3,10,11,12,13,14);4-6H2,1-3H3,(H3,10,11,12,13,14,15);5H2,1-4H3,(H2,9,10,11,12,13);4-5H2,1-3H3,(H3,9,10,11,12,13);4-5H2,1-3H3,(H3,9,10,11,12,13,14);4H2,1-3H3,(H3,8,9,10,11,12);4H2,1-3H3,(H3,8,9,10,11,12,13). The second-order valence-electron chi connectivity index (χ2n) is 30.2. The molecule has 0 saturated heterocycles. The Morgan fingerprint density at radius 1 is 0.166 bits per heavy atom. The van der Waals surface area contributed by atoms with E-state index in [1.54, 1.807) is 113 Å². The van der Waals surface area contributed by atoms with Crippen LogP contribution in [0.25, 0.3) is 0 Å². The minimum absolute atomic E-state index is 0.231. The van der Waals surface area contributed by atoms with Gasteiger partial charge in [0, 0.05) is 220 Å². The van der Waals surface area contributed by atoms with E-state index < -0.39 is 0 Å². The molecule has 0 fully saturated rings. The average molecular weight is 2030 g/mol. The minimum atomic E-state index is 0.231. The predicted octanol–water partition coefficient (Wildman–Crippen LogP) is 7.25. The van der Waals surface area contributed by atoms with Crippen LogP contribution in [0.3, 0.4) is 0 Å². The zero-order valence-corrected chi connectivity index (χ0v) is 91.7. The zero-order valence-electron chi connectivity index (χ0n) is 91.7. The van der Waals surface area contributed by atoms with E-state index in [1.165, 1.54) is 25.7 Å². The van der Waals surface area contributed by atoms with E-state index in [9.17, 15) is 0 Å². The normalized spacial score (nSPS) is 9.85. The topological polar surface area (TPSA) is 751 Å². The summed E-state index contributed by atoms with van der Waals surface area (Å²) in [4.78, 5) is 135. The molecule has 0 aliphatic rings. The van der Waals surface area contributed by atoms with Crippen molar-refractivity contribution in [1.29, 1.82) is 0 Å². The van der Waals surface area contributed by atoms with Gasteiger partial charge < -0.3 is 159 Å². The van der Waals surface area contributed by atoms with Crippen LogP contribution >= 0.6 is 0 Å². The molecule has 0 saturated carbocycles. The van der Waals surface area contributed by atoms with Gasteiger partial charge in [0.15, 0.2) is 0 Å². The summed E-state index contributed by atoms with van der Waals surface area (Å²) in [5.74, 6) is 15.9. The molecule has 0 aromatic carbocycles.